The van der Waals surface area contributed by atoms with Crippen molar-refractivity contribution in [3.63, 3.8) is 0 Å². The van der Waals surface area contributed by atoms with E-state index in [0.717, 1.165) is 60.7 Å². The summed E-state index contributed by atoms with van der Waals surface area (Å²) in [6, 6.07) is 15.0. The minimum absolute atomic E-state index is 0.0658. The molecule has 0 N–H and O–H groups in total. The maximum atomic E-state index is 13.0. The fourth-order valence-electron chi connectivity index (χ4n) is 3.45. The van der Waals surface area contributed by atoms with Gasteiger partial charge < -0.3 is 0 Å². The predicted molar refractivity (Wildman–Crippen MR) is 114 cm³/mol. The molecular formula is C26H14ClF9O5. The summed E-state index contributed by atoms with van der Waals surface area (Å²) in [5.74, 6) is 0.132. The summed E-state index contributed by atoms with van der Waals surface area (Å²) in [7, 11) is -4.94. The lowest BCUT2D eigenvalue weighted by molar-refractivity contribution is -2.00. The Morgan fingerprint density at radius 2 is 0.659 bits per heavy atom. The lowest BCUT2D eigenvalue weighted by Gasteiger charge is -2.17. The second-order valence-electron chi connectivity index (χ2n) is 8.18. The van der Waals surface area contributed by atoms with Gasteiger partial charge in [0.15, 0.2) is 0 Å². The van der Waals surface area contributed by atoms with E-state index in [9.17, 15) is 39.5 Å². The molecule has 3 aromatic carbocycles. The smallest absolute Gasteiger partial charge is 0.222 e. The quantitative estimate of drug-likeness (QED) is 0.243. The van der Waals surface area contributed by atoms with Crippen LogP contribution in [-0.2, 0) is 18.5 Å². The summed E-state index contributed by atoms with van der Waals surface area (Å²) in [5, 5.41) is 0. The molecule has 5 nitrogen and oxygen atoms in total. The minimum Gasteiger partial charge on any atom is -0.222 e. The normalized spacial score (nSPS) is 12.5. The van der Waals surface area contributed by atoms with Crippen LogP contribution in [0.3, 0.4) is 0 Å². The van der Waals surface area contributed by atoms with Crippen LogP contribution in [0.4, 0.5) is 39.5 Å². The maximum absolute atomic E-state index is 13.0. The molecule has 0 bridgehead atoms. The molecule has 4 rings (SSSR count). The van der Waals surface area contributed by atoms with Crippen LogP contribution in [0.15, 0.2) is 89.3 Å². The molecule has 41 heavy (non-hydrogen) atoms. The summed E-state index contributed by atoms with van der Waals surface area (Å²) < 4.78 is 156. The van der Waals surface area contributed by atoms with E-state index in [1.807, 2.05) is 0 Å². The fourth-order valence-corrected chi connectivity index (χ4v) is 3.45. The van der Waals surface area contributed by atoms with Crippen molar-refractivity contribution in [3.05, 3.63) is 102 Å². The molecule has 0 spiro atoms. The third kappa shape index (κ3) is 9.16. The van der Waals surface area contributed by atoms with Crippen molar-refractivity contribution in [1.82, 2.24) is 0 Å². The average molecular weight is 613 g/mol. The van der Waals surface area contributed by atoms with Crippen LogP contribution in [-0.4, -0.2) is 0 Å². The fraction of sp³-hybridized carbons (Fsp3) is 0.115. The average Bonchev–Trinajstić information content (AvgIpc) is 2.86. The second-order valence-corrected chi connectivity index (χ2v) is 8.93. The first-order valence-corrected chi connectivity index (χ1v) is 12.1. The van der Waals surface area contributed by atoms with Crippen molar-refractivity contribution < 1.29 is 72.8 Å². The maximum Gasteiger partial charge on any atom is 0.416 e. The standard InChI is InChI=1S/C26H14F9O.ClHO4/c27-24(28,29)19-7-1-15(2-8-19)18-13-22(16-3-9-20(10-4-16)25(30,31)32)36-23(14-18)17-5-11-21(12-6-17)26(33,34)35;2-1(3,4)5/h1-14H;(H,2,3,4,5)/q+1;/p-1. The van der Waals surface area contributed by atoms with Crippen molar-refractivity contribution >= 4 is 0 Å². The van der Waals surface area contributed by atoms with E-state index in [4.69, 9.17) is 23.1 Å². The van der Waals surface area contributed by atoms with Crippen molar-refractivity contribution in [2.75, 3.05) is 0 Å². The Balaban J connectivity index is 0.000000850. The molecule has 4 aromatic rings. The number of hydrogen-bond donors (Lipinski definition) is 0. The van der Waals surface area contributed by atoms with E-state index >= 15 is 0 Å². The Bertz CT molecular complexity index is 1270. The summed E-state index contributed by atoms with van der Waals surface area (Å²) in [6.07, 6.45) is -13.7. The van der Waals surface area contributed by atoms with Crippen molar-refractivity contribution in [3.8, 4) is 33.8 Å². The predicted octanol–water partition coefficient (Wildman–Crippen LogP) is 4.86. The Morgan fingerprint density at radius 1 is 0.415 bits per heavy atom. The Morgan fingerprint density at radius 3 is 0.902 bits per heavy atom. The number of hydrogen-bond acceptors (Lipinski definition) is 4. The van der Waals surface area contributed by atoms with E-state index in [-0.39, 0.29) is 22.6 Å². The molecule has 0 aliphatic rings. The van der Waals surface area contributed by atoms with Gasteiger partial charge in [0.05, 0.1) is 39.9 Å². The number of halogens is 10. The van der Waals surface area contributed by atoms with Gasteiger partial charge in [0.2, 0.25) is 0 Å². The first-order valence-electron chi connectivity index (χ1n) is 10.8. The minimum atomic E-state index is -4.94. The first kappa shape index (κ1) is 31.8. The highest BCUT2D eigenvalue weighted by Gasteiger charge is 2.33. The molecule has 0 fully saturated rings. The molecular weight excluding hydrogens is 599 g/mol. The molecule has 218 valence electrons. The van der Waals surface area contributed by atoms with Gasteiger partial charge in [-0.1, -0.05) is 12.1 Å². The zero-order chi connectivity index (χ0) is 30.8. The van der Waals surface area contributed by atoms with E-state index in [0.29, 0.717) is 11.1 Å². The molecule has 1 heterocycles. The largest absolute Gasteiger partial charge is 0.416 e. The molecule has 0 saturated carbocycles. The molecule has 15 heteroatoms. The van der Waals surface area contributed by atoms with Gasteiger partial charge in [0.25, 0.3) is 0 Å². The van der Waals surface area contributed by atoms with Crippen LogP contribution in [0.5, 0.6) is 0 Å². The van der Waals surface area contributed by atoms with Gasteiger partial charge in [-0.3, -0.25) is 0 Å². The first-order chi connectivity index (χ1) is 18.7. The molecule has 0 aliphatic heterocycles. The van der Waals surface area contributed by atoms with Gasteiger partial charge >= 0.3 is 30.0 Å². The van der Waals surface area contributed by atoms with Crippen LogP contribution in [0.2, 0.25) is 0 Å². The van der Waals surface area contributed by atoms with Gasteiger partial charge in [-0.15, -0.1) is 10.2 Å². The van der Waals surface area contributed by atoms with Crippen molar-refractivity contribution in [2.45, 2.75) is 18.5 Å². The van der Waals surface area contributed by atoms with Crippen LogP contribution in [0, 0.1) is 10.2 Å². The zero-order valence-corrected chi connectivity index (χ0v) is 20.7. The van der Waals surface area contributed by atoms with Crippen LogP contribution < -0.4 is 18.6 Å². The van der Waals surface area contributed by atoms with Gasteiger partial charge in [-0.05, 0) is 66.2 Å². The summed E-state index contributed by atoms with van der Waals surface area (Å²) in [5.41, 5.74) is -1.53. The van der Waals surface area contributed by atoms with Crippen molar-refractivity contribution in [2.24, 2.45) is 0 Å². The molecule has 1 aromatic heterocycles. The Hall–Kier alpha value is -3.69. The Labute approximate surface area is 227 Å². The van der Waals surface area contributed by atoms with Gasteiger partial charge in [0.1, 0.15) is 0 Å². The van der Waals surface area contributed by atoms with E-state index < -0.39 is 45.5 Å². The summed E-state index contributed by atoms with van der Waals surface area (Å²) in [4.78, 5) is 0. The van der Waals surface area contributed by atoms with Gasteiger partial charge in [-0.2, -0.15) is 39.5 Å². The van der Waals surface area contributed by atoms with Crippen molar-refractivity contribution in [1.29, 1.82) is 0 Å². The number of rotatable bonds is 3. The van der Waals surface area contributed by atoms with Crippen LogP contribution >= 0.6 is 0 Å². The van der Waals surface area contributed by atoms with E-state index in [1.54, 1.807) is 0 Å². The van der Waals surface area contributed by atoms with Crippen LogP contribution in [0.25, 0.3) is 33.8 Å². The third-order valence-corrected chi connectivity index (χ3v) is 5.33. The highest BCUT2D eigenvalue weighted by molar-refractivity contribution is 5.74. The SMILES string of the molecule is FC(F)(F)c1ccc(-c2cc(-c3ccc(C(F)(F)F)cc3)[o+]c(-c3ccc(C(F)(F)F)cc3)c2)cc1.[O-][Cl+3]([O-])([O-])[O-]. The lowest BCUT2D eigenvalue weighted by atomic mass is 10.00. The molecule has 0 unspecified atom stereocenters. The lowest BCUT2D eigenvalue weighted by Crippen LogP contribution is -2.68. The van der Waals surface area contributed by atoms with E-state index in [1.165, 1.54) is 24.3 Å². The molecule has 0 amide bonds. The molecule has 0 saturated heterocycles. The summed E-state index contributed by atoms with van der Waals surface area (Å²) >= 11 is 0. The monoisotopic (exact) mass is 612 g/mol. The topological polar surface area (TPSA) is 104 Å². The molecule has 0 atom stereocenters. The number of alkyl halides is 9. The highest BCUT2D eigenvalue weighted by Crippen LogP contribution is 2.37. The van der Waals surface area contributed by atoms with Gasteiger partial charge in [-0.25, -0.2) is 23.1 Å². The summed E-state index contributed by atoms with van der Waals surface area (Å²) in [6.45, 7) is 0. The Kier molecular flexibility index (Phi) is 9.05. The second kappa shape index (κ2) is 11.7. The zero-order valence-electron chi connectivity index (χ0n) is 19.9. The highest BCUT2D eigenvalue weighted by atomic mass is 35.7. The molecule has 0 aliphatic carbocycles. The van der Waals surface area contributed by atoms with E-state index in [2.05, 4.69) is 0 Å². The number of benzene rings is 3. The van der Waals surface area contributed by atoms with Gasteiger partial charge in [0, 0.05) is 5.56 Å². The van der Waals surface area contributed by atoms with Crippen LogP contribution in [0.1, 0.15) is 16.7 Å². The third-order valence-electron chi connectivity index (χ3n) is 5.33. The molecule has 0 radical (unpaired) electrons.